The van der Waals surface area contributed by atoms with Crippen molar-refractivity contribution in [3.8, 4) is 5.00 Å². The molecule has 0 saturated carbocycles. The zero-order valence-electron chi connectivity index (χ0n) is 18.0. The summed E-state index contributed by atoms with van der Waals surface area (Å²) in [5.74, 6) is 1.71. The van der Waals surface area contributed by atoms with Crippen LogP contribution in [0.25, 0.3) is 5.00 Å². The Hall–Kier alpha value is -2.40. The Bertz CT molecular complexity index is 1200. The van der Waals surface area contributed by atoms with Gasteiger partial charge in [0.1, 0.15) is 11.2 Å². The molecule has 1 aliphatic carbocycles. The Morgan fingerprint density at radius 1 is 1.34 bits per heavy atom. The molecule has 2 aromatic heterocycles. The lowest BCUT2D eigenvalue weighted by Crippen LogP contribution is -2.39. The molecule has 4 heterocycles. The van der Waals surface area contributed by atoms with E-state index in [0.717, 1.165) is 35.2 Å². The SMILES string of the molecule is Cc1ccccc1NC(=O)CSc1nnc2n1-c1sc3c(c1C1NCNN21)C[C@@H](C)CC3. The zero-order chi connectivity index (χ0) is 21.8. The molecule has 1 unspecified atom stereocenters. The quantitative estimate of drug-likeness (QED) is 0.507. The van der Waals surface area contributed by atoms with Gasteiger partial charge in [0.2, 0.25) is 11.9 Å². The van der Waals surface area contributed by atoms with Gasteiger partial charge in [-0.2, -0.15) is 0 Å². The average molecular weight is 468 g/mol. The molecule has 0 bridgehead atoms. The van der Waals surface area contributed by atoms with Crippen LogP contribution in [0, 0.1) is 12.8 Å². The van der Waals surface area contributed by atoms with Gasteiger partial charge in [-0.15, -0.1) is 21.5 Å². The first-order chi connectivity index (χ1) is 15.6. The summed E-state index contributed by atoms with van der Waals surface area (Å²) in [6.07, 6.45) is 3.57. The van der Waals surface area contributed by atoms with Gasteiger partial charge in [-0.05, 0) is 49.3 Å². The second-order valence-electron chi connectivity index (χ2n) is 8.65. The summed E-state index contributed by atoms with van der Waals surface area (Å²) in [4.78, 5) is 14.1. The van der Waals surface area contributed by atoms with Crippen LogP contribution in [0.15, 0.2) is 29.4 Å². The van der Waals surface area contributed by atoms with E-state index in [4.69, 9.17) is 0 Å². The van der Waals surface area contributed by atoms with Crippen molar-refractivity contribution in [2.45, 2.75) is 44.4 Å². The molecule has 0 spiro atoms. The fourth-order valence-electron chi connectivity index (χ4n) is 4.76. The van der Waals surface area contributed by atoms with Gasteiger partial charge in [0.15, 0.2) is 5.16 Å². The molecule has 166 valence electrons. The molecule has 1 amide bonds. The van der Waals surface area contributed by atoms with Crippen molar-refractivity contribution in [2.75, 3.05) is 22.7 Å². The Morgan fingerprint density at radius 2 is 2.22 bits per heavy atom. The summed E-state index contributed by atoms with van der Waals surface area (Å²) in [7, 11) is 0. The molecule has 2 atom stereocenters. The van der Waals surface area contributed by atoms with Crippen LogP contribution in [-0.4, -0.2) is 33.1 Å². The molecule has 0 radical (unpaired) electrons. The fourth-order valence-corrected chi connectivity index (χ4v) is 6.93. The summed E-state index contributed by atoms with van der Waals surface area (Å²) < 4.78 is 2.13. The number of benzene rings is 1. The molecule has 3 N–H and O–H groups in total. The van der Waals surface area contributed by atoms with Crippen LogP contribution >= 0.6 is 23.1 Å². The third kappa shape index (κ3) is 3.24. The minimum Gasteiger partial charge on any atom is -0.325 e. The van der Waals surface area contributed by atoms with Crippen molar-refractivity contribution in [3.05, 3.63) is 45.8 Å². The van der Waals surface area contributed by atoms with Crippen molar-refractivity contribution < 1.29 is 4.79 Å². The summed E-state index contributed by atoms with van der Waals surface area (Å²) in [6, 6.07) is 7.81. The van der Waals surface area contributed by atoms with Crippen molar-refractivity contribution in [1.29, 1.82) is 0 Å². The number of hydrogen-bond acceptors (Lipinski definition) is 8. The first-order valence-electron chi connectivity index (χ1n) is 10.9. The van der Waals surface area contributed by atoms with Gasteiger partial charge < -0.3 is 5.32 Å². The minimum absolute atomic E-state index is 0.0455. The lowest BCUT2D eigenvalue weighted by atomic mass is 9.87. The first kappa shape index (κ1) is 20.2. The second kappa shape index (κ2) is 7.87. The fraction of sp³-hybridized carbons (Fsp3) is 0.409. The van der Waals surface area contributed by atoms with Crippen LogP contribution in [0.3, 0.4) is 0 Å². The molecular weight excluding hydrogens is 442 g/mol. The van der Waals surface area contributed by atoms with Crippen LogP contribution < -0.4 is 21.1 Å². The van der Waals surface area contributed by atoms with Gasteiger partial charge in [-0.3, -0.25) is 15.1 Å². The average Bonchev–Trinajstić information content (AvgIpc) is 3.49. The van der Waals surface area contributed by atoms with Gasteiger partial charge in [0.25, 0.3) is 0 Å². The zero-order valence-corrected chi connectivity index (χ0v) is 19.6. The minimum atomic E-state index is -0.0455. The maximum atomic E-state index is 12.6. The van der Waals surface area contributed by atoms with E-state index in [1.165, 1.54) is 39.2 Å². The highest BCUT2D eigenvalue weighted by Gasteiger charge is 2.42. The van der Waals surface area contributed by atoms with Crippen molar-refractivity contribution >= 4 is 40.6 Å². The highest BCUT2D eigenvalue weighted by atomic mass is 32.2. The van der Waals surface area contributed by atoms with Gasteiger partial charge in [0.05, 0.1) is 12.4 Å². The van der Waals surface area contributed by atoms with Gasteiger partial charge in [-0.25, -0.2) is 9.99 Å². The number of amides is 1. The van der Waals surface area contributed by atoms with E-state index in [0.29, 0.717) is 12.6 Å². The van der Waals surface area contributed by atoms with E-state index in [2.05, 4.69) is 42.8 Å². The standard InChI is InChI=1S/C22H25N7OS2/c1-12-7-8-16-14(9-12)18-19-23-11-24-29(19)21-26-27-22(28(21)20(18)32-16)31-10-17(30)25-15-6-4-3-5-13(15)2/h3-6,12,19,23-24H,7-11H2,1-2H3,(H,25,30)/t12-,19?/m0/s1. The molecule has 8 nitrogen and oxygen atoms in total. The number of hydrogen-bond donors (Lipinski definition) is 3. The van der Waals surface area contributed by atoms with Crippen molar-refractivity contribution in [1.82, 2.24) is 25.5 Å². The van der Waals surface area contributed by atoms with E-state index >= 15 is 0 Å². The Kier molecular flexibility index (Phi) is 4.98. The number of anilines is 2. The molecule has 32 heavy (non-hydrogen) atoms. The number of hydrazine groups is 1. The first-order valence-corrected chi connectivity index (χ1v) is 12.7. The smallest absolute Gasteiger partial charge is 0.249 e. The molecular formula is C22H25N7OS2. The number of nitrogens with one attached hydrogen (secondary N) is 3. The highest BCUT2D eigenvalue weighted by molar-refractivity contribution is 7.99. The van der Waals surface area contributed by atoms with E-state index in [1.54, 1.807) is 0 Å². The summed E-state index contributed by atoms with van der Waals surface area (Å²) in [6.45, 7) is 5.02. The highest BCUT2D eigenvalue weighted by Crippen LogP contribution is 2.48. The number of thioether (sulfide) groups is 1. The summed E-state index contributed by atoms with van der Waals surface area (Å²) in [5.41, 5.74) is 8.13. The topological polar surface area (TPSA) is 87.1 Å². The number of para-hydroxylation sites is 1. The predicted octanol–water partition coefficient (Wildman–Crippen LogP) is 3.38. The van der Waals surface area contributed by atoms with Gasteiger partial charge in [-0.1, -0.05) is 36.9 Å². The number of aryl methyl sites for hydroxylation is 2. The largest absolute Gasteiger partial charge is 0.325 e. The molecule has 2 aliphatic heterocycles. The molecule has 1 saturated heterocycles. The second-order valence-corrected chi connectivity index (χ2v) is 10.7. The van der Waals surface area contributed by atoms with Crippen molar-refractivity contribution in [2.24, 2.45) is 5.92 Å². The van der Waals surface area contributed by atoms with Crippen molar-refractivity contribution in [3.63, 3.8) is 0 Å². The number of rotatable bonds is 4. The maximum absolute atomic E-state index is 12.6. The number of aromatic nitrogens is 3. The maximum Gasteiger partial charge on any atom is 0.249 e. The van der Waals surface area contributed by atoms with Crippen LogP contribution in [0.2, 0.25) is 0 Å². The number of thiophene rings is 1. The molecule has 1 aromatic carbocycles. The van der Waals surface area contributed by atoms with E-state index < -0.39 is 0 Å². The number of carbonyl (C=O) groups excluding carboxylic acids is 1. The van der Waals surface area contributed by atoms with Gasteiger partial charge in [0, 0.05) is 16.1 Å². The monoisotopic (exact) mass is 467 g/mol. The molecule has 3 aromatic rings. The van der Waals surface area contributed by atoms with Crippen LogP contribution in [0.4, 0.5) is 11.6 Å². The Labute approximate surface area is 194 Å². The Balaban J connectivity index is 1.31. The molecule has 3 aliphatic rings. The lowest BCUT2D eigenvalue weighted by molar-refractivity contribution is -0.113. The van der Waals surface area contributed by atoms with E-state index in [1.807, 2.05) is 42.5 Å². The van der Waals surface area contributed by atoms with Crippen LogP contribution in [0.1, 0.15) is 41.1 Å². The molecule has 1 fully saturated rings. The predicted molar refractivity (Wildman–Crippen MR) is 127 cm³/mol. The van der Waals surface area contributed by atoms with Gasteiger partial charge >= 0.3 is 0 Å². The summed E-state index contributed by atoms with van der Waals surface area (Å²) in [5, 5.41) is 19.6. The Morgan fingerprint density at radius 3 is 3.09 bits per heavy atom. The van der Waals surface area contributed by atoms with Crippen LogP contribution in [0.5, 0.6) is 0 Å². The third-order valence-electron chi connectivity index (χ3n) is 6.39. The number of fused-ring (bicyclic) bond motifs is 8. The number of carbonyl (C=O) groups is 1. The van der Waals surface area contributed by atoms with E-state index in [9.17, 15) is 4.79 Å². The lowest BCUT2D eigenvalue weighted by Gasteiger charge is -2.31. The summed E-state index contributed by atoms with van der Waals surface area (Å²) >= 11 is 3.29. The molecule has 6 rings (SSSR count). The van der Waals surface area contributed by atoms with E-state index in [-0.39, 0.29) is 17.8 Å². The number of nitrogens with zero attached hydrogens (tertiary/aromatic N) is 4. The normalized spacial score (nSPS) is 21.0. The van der Waals surface area contributed by atoms with Crippen LogP contribution in [-0.2, 0) is 17.6 Å². The molecule has 10 heteroatoms. The third-order valence-corrected chi connectivity index (χ3v) is 8.61.